The minimum absolute atomic E-state index is 0. The summed E-state index contributed by atoms with van der Waals surface area (Å²) in [5, 5.41) is 3.53. The van der Waals surface area contributed by atoms with E-state index in [1.165, 1.54) is 45.4 Å². The van der Waals surface area contributed by atoms with Crippen LogP contribution in [0.5, 0.6) is 0 Å². The Kier molecular flexibility index (Phi) is 10.7. The Morgan fingerprint density at radius 3 is 2.56 bits per heavy atom. The average molecular weight is 493 g/mol. The van der Waals surface area contributed by atoms with Crippen molar-refractivity contribution in [2.24, 2.45) is 16.8 Å². The minimum atomic E-state index is 0. The van der Waals surface area contributed by atoms with Crippen LogP contribution in [0.25, 0.3) is 0 Å². The van der Waals surface area contributed by atoms with E-state index in [-0.39, 0.29) is 24.0 Å². The van der Waals surface area contributed by atoms with Crippen LogP contribution in [-0.2, 0) is 4.74 Å². The van der Waals surface area contributed by atoms with Gasteiger partial charge in [0.1, 0.15) is 0 Å². The molecular formula is C20H40IN5O. The Morgan fingerprint density at radius 2 is 1.85 bits per heavy atom. The monoisotopic (exact) mass is 493 g/mol. The summed E-state index contributed by atoms with van der Waals surface area (Å²) in [5.74, 6) is 2.53. The van der Waals surface area contributed by atoms with Crippen molar-refractivity contribution in [1.82, 2.24) is 20.0 Å². The van der Waals surface area contributed by atoms with E-state index in [1.54, 1.807) is 0 Å². The molecule has 0 bridgehead atoms. The molecule has 0 saturated carbocycles. The number of guanidine groups is 1. The molecule has 0 aromatic heterocycles. The lowest BCUT2D eigenvalue weighted by molar-refractivity contribution is 0.0323. The summed E-state index contributed by atoms with van der Waals surface area (Å²) in [6.07, 6.45) is 4.09. The maximum Gasteiger partial charge on any atom is 0.193 e. The van der Waals surface area contributed by atoms with Gasteiger partial charge in [-0.1, -0.05) is 6.92 Å². The Labute approximate surface area is 183 Å². The first-order valence-electron chi connectivity index (χ1n) is 10.8. The number of hydrogen-bond donors (Lipinski definition) is 1. The number of hydrogen-bond acceptors (Lipinski definition) is 4. The van der Waals surface area contributed by atoms with Gasteiger partial charge in [0.05, 0.1) is 13.2 Å². The molecule has 3 heterocycles. The fourth-order valence-electron chi connectivity index (χ4n) is 4.45. The zero-order chi connectivity index (χ0) is 18.2. The second kappa shape index (κ2) is 12.4. The van der Waals surface area contributed by atoms with Gasteiger partial charge in [-0.05, 0) is 51.1 Å². The molecular weight excluding hydrogens is 453 g/mol. The second-order valence-corrected chi connectivity index (χ2v) is 8.32. The maximum atomic E-state index is 5.45. The summed E-state index contributed by atoms with van der Waals surface area (Å²) in [5.41, 5.74) is 0. The molecule has 158 valence electrons. The Balaban J connectivity index is 0.00000261. The largest absolute Gasteiger partial charge is 0.379 e. The number of aliphatic imine (C=N–C) groups is 1. The number of nitrogens with zero attached hydrogens (tertiary/aromatic N) is 4. The van der Waals surface area contributed by atoms with Crippen LogP contribution >= 0.6 is 24.0 Å². The summed E-state index contributed by atoms with van der Waals surface area (Å²) >= 11 is 0. The van der Waals surface area contributed by atoms with Crippen LogP contribution in [0, 0.1) is 11.8 Å². The van der Waals surface area contributed by atoms with Crippen LogP contribution in [-0.4, -0.2) is 99.3 Å². The molecule has 3 saturated heterocycles. The van der Waals surface area contributed by atoms with E-state index in [9.17, 15) is 0 Å². The van der Waals surface area contributed by atoms with Crippen molar-refractivity contribution < 1.29 is 4.74 Å². The van der Waals surface area contributed by atoms with Gasteiger partial charge in [-0.25, -0.2) is 0 Å². The SMILES string of the molecule is CCNC(=NCC(C)CN1CCOCC1)N1CCC(CN2CCCC2)C1.I. The number of likely N-dealkylation sites (tertiary alicyclic amines) is 2. The van der Waals surface area contributed by atoms with Gasteiger partial charge in [-0.15, -0.1) is 24.0 Å². The molecule has 0 aliphatic carbocycles. The predicted molar refractivity (Wildman–Crippen MR) is 123 cm³/mol. The van der Waals surface area contributed by atoms with Crippen LogP contribution in [0.2, 0.25) is 0 Å². The van der Waals surface area contributed by atoms with Crippen molar-refractivity contribution in [1.29, 1.82) is 0 Å². The highest BCUT2D eigenvalue weighted by atomic mass is 127. The molecule has 2 atom stereocenters. The molecule has 3 aliphatic heterocycles. The number of ether oxygens (including phenoxy) is 1. The molecule has 0 spiro atoms. The molecule has 3 aliphatic rings. The third kappa shape index (κ3) is 7.66. The van der Waals surface area contributed by atoms with E-state index in [0.29, 0.717) is 5.92 Å². The first kappa shape index (κ1) is 23.2. The second-order valence-electron chi connectivity index (χ2n) is 8.32. The normalized spacial score (nSPS) is 26.2. The average Bonchev–Trinajstić information content (AvgIpc) is 3.32. The molecule has 27 heavy (non-hydrogen) atoms. The lowest BCUT2D eigenvalue weighted by Crippen LogP contribution is -2.42. The van der Waals surface area contributed by atoms with Crippen molar-refractivity contribution in [2.45, 2.75) is 33.1 Å². The quantitative estimate of drug-likeness (QED) is 0.334. The molecule has 6 nitrogen and oxygen atoms in total. The molecule has 1 N–H and O–H groups in total. The topological polar surface area (TPSA) is 43.3 Å². The molecule has 0 aromatic rings. The van der Waals surface area contributed by atoms with Gasteiger partial charge in [-0.3, -0.25) is 9.89 Å². The molecule has 0 radical (unpaired) electrons. The standard InChI is InChI=1S/C20H39N5O.HI/c1-3-21-20(22-14-18(2)15-24-10-12-26-13-11-24)25-9-6-19(17-25)16-23-7-4-5-8-23;/h18-19H,3-17H2,1-2H3,(H,21,22);1H. The first-order chi connectivity index (χ1) is 12.7. The van der Waals surface area contributed by atoms with E-state index >= 15 is 0 Å². The summed E-state index contributed by atoms with van der Waals surface area (Å²) in [6, 6.07) is 0. The highest BCUT2D eigenvalue weighted by Crippen LogP contribution is 2.20. The zero-order valence-corrected chi connectivity index (χ0v) is 19.7. The number of nitrogens with one attached hydrogen (secondary N) is 1. The van der Waals surface area contributed by atoms with Gasteiger partial charge in [0.15, 0.2) is 5.96 Å². The predicted octanol–water partition coefficient (Wildman–Crippen LogP) is 1.96. The molecule has 3 rings (SSSR count). The van der Waals surface area contributed by atoms with Crippen LogP contribution in [0.3, 0.4) is 0 Å². The van der Waals surface area contributed by atoms with E-state index in [1.807, 2.05) is 0 Å². The minimum Gasteiger partial charge on any atom is -0.379 e. The van der Waals surface area contributed by atoms with Gasteiger partial charge in [0.25, 0.3) is 0 Å². The van der Waals surface area contributed by atoms with Crippen molar-refractivity contribution >= 4 is 29.9 Å². The van der Waals surface area contributed by atoms with Gasteiger partial charge in [-0.2, -0.15) is 0 Å². The fraction of sp³-hybridized carbons (Fsp3) is 0.950. The first-order valence-corrected chi connectivity index (χ1v) is 10.8. The third-order valence-electron chi connectivity index (χ3n) is 5.86. The van der Waals surface area contributed by atoms with Gasteiger partial charge < -0.3 is 19.9 Å². The summed E-state index contributed by atoms with van der Waals surface area (Å²) in [4.78, 5) is 12.6. The number of halogens is 1. The lowest BCUT2D eigenvalue weighted by Gasteiger charge is -2.29. The third-order valence-corrected chi connectivity index (χ3v) is 5.86. The smallest absolute Gasteiger partial charge is 0.193 e. The molecule has 3 fully saturated rings. The van der Waals surface area contributed by atoms with E-state index in [4.69, 9.17) is 9.73 Å². The maximum absolute atomic E-state index is 5.45. The molecule has 0 amide bonds. The van der Waals surface area contributed by atoms with E-state index in [2.05, 4.69) is 33.9 Å². The van der Waals surface area contributed by atoms with Crippen LogP contribution < -0.4 is 5.32 Å². The fourth-order valence-corrected chi connectivity index (χ4v) is 4.45. The molecule has 0 aromatic carbocycles. The highest BCUT2D eigenvalue weighted by Gasteiger charge is 2.27. The Morgan fingerprint density at radius 1 is 1.11 bits per heavy atom. The number of morpholine rings is 1. The highest BCUT2D eigenvalue weighted by molar-refractivity contribution is 14.0. The summed E-state index contributed by atoms with van der Waals surface area (Å²) in [6.45, 7) is 17.6. The van der Waals surface area contributed by atoms with E-state index < -0.39 is 0 Å². The van der Waals surface area contributed by atoms with Gasteiger partial charge in [0.2, 0.25) is 0 Å². The van der Waals surface area contributed by atoms with Crippen molar-refractivity contribution in [3.8, 4) is 0 Å². The Bertz CT molecular complexity index is 438. The van der Waals surface area contributed by atoms with Crippen LogP contribution in [0.4, 0.5) is 0 Å². The van der Waals surface area contributed by atoms with Crippen molar-refractivity contribution in [2.75, 3.05) is 78.7 Å². The van der Waals surface area contributed by atoms with Crippen molar-refractivity contribution in [3.05, 3.63) is 0 Å². The van der Waals surface area contributed by atoms with Crippen molar-refractivity contribution in [3.63, 3.8) is 0 Å². The molecule has 7 heteroatoms. The number of rotatable bonds is 7. The summed E-state index contributed by atoms with van der Waals surface area (Å²) in [7, 11) is 0. The van der Waals surface area contributed by atoms with Gasteiger partial charge >= 0.3 is 0 Å². The lowest BCUT2D eigenvalue weighted by atomic mass is 10.1. The Hall–Kier alpha value is -0.120. The summed E-state index contributed by atoms with van der Waals surface area (Å²) < 4.78 is 5.45. The van der Waals surface area contributed by atoms with Crippen LogP contribution in [0.15, 0.2) is 4.99 Å². The van der Waals surface area contributed by atoms with Gasteiger partial charge in [0, 0.05) is 52.4 Å². The van der Waals surface area contributed by atoms with E-state index in [0.717, 1.165) is 64.4 Å². The zero-order valence-electron chi connectivity index (χ0n) is 17.4. The van der Waals surface area contributed by atoms with Crippen LogP contribution in [0.1, 0.15) is 33.1 Å². The molecule has 2 unspecified atom stereocenters.